The lowest BCUT2D eigenvalue weighted by atomic mass is 10.2. The Morgan fingerprint density at radius 3 is 2.96 bits per heavy atom. The number of carbonyl (C=O) groups is 1. The van der Waals surface area contributed by atoms with Crippen molar-refractivity contribution in [1.82, 2.24) is 35.5 Å². The number of halogens is 1. The minimum Gasteiger partial charge on any atom is -0.379 e. The lowest BCUT2D eigenvalue weighted by Crippen LogP contribution is -2.36. The molecule has 0 radical (unpaired) electrons. The zero-order valence-electron chi connectivity index (χ0n) is 14.1. The molecule has 0 saturated carbocycles. The van der Waals surface area contributed by atoms with E-state index < -0.39 is 0 Å². The van der Waals surface area contributed by atoms with Crippen molar-refractivity contribution < 1.29 is 9.42 Å². The molecule has 0 aromatic carbocycles. The number of anilines is 1. The quantitative estimate of drug-likeness (QED) is 0.600. The van der Waals surface area contributed by atoms with Crippen LogP contribution in [0.2, 0.25) is 0 Å². The van der Waals surface area contributed by atoms with E-state index in [0.717, 1.165) is 19.5 Å². The first-order valence-electron chi connectivity index (χ1n) is 8.13. The maximum absolute atomic E-state index is 12.8. The third-order valence-corrected chi connectivity index (χ3v) is 4.33. The maximum Gasteiger partial charge on any atom is 0.255 e. The second-order valence-corrected chi connectivity index (χ2v) is 5.90. The fourth-order valence-corrected chi connectivity index (χ4v) is 3.13. The van der Waals surface area contributed by atoms with Gasteiger partial charge < -0.3 is 20.9 Å². The summed E-state index contributed by atoms with van der Waals surface area (Å²) < 4.78 is 6.55. The molecule has 4 N–H and O–H groups in total. The molecule has 3 aromatic heterocycles. The van der Waals surface area contributed by atoms with E-state index in [9.17, 15) is 4.79 Å². The van der Waals surface area contributed by atoms with Gasteiger partial charge in [-0.1, -0.05) is 0 Å². The van der Waals surface area contributed by atoms with Crippen molar-refractivity contribution in [3.8, 4) is 11.5 Å². The van der Waals surface area contributed by atoms with E-state index in [0.29, 0.717) is 34.7 Å². The molecule has 11 heteroatoms. The summed E-state index contributed by atoms with van der Waals surface area (Å²) in [5.41, 5.74) is 7.91. The molecule has 1 atom stereocenters. The average Bonchev–Trinajstić information content (AvgIpc) is 3.33. The molecule has 10 nitrogen and oxygen atoms in total. The van der Waals surface area contributed by atoms with Crippen LogP contribution in [0.3, 0.4) is 0 Å². The highest BCUT2D eigenvalue weighted by atomic mass is 35.5. The minimum atomic E-state index is -0.167. The van der Waals surface area contributed by atoms with Crippen LogP contribution < -0.4 is 16.4 Å². The fourth-order valence-electron chi connectivity index (χ4n) is 3.13. The first kappa shape index (κ1) is 18.1. The van der Waals surface area contributed by atoms with Gasteiger partial charge in [0.1, 0.15) is 5.52 Å². The summed E-state index contributed by atoms with van der Waals surface area (Å²) in [6, 6.07) is 0.121. The van der Waals surface area contributed by atoms with Crippen molar-refractivity contribution in [2.45, 2.75) is 25.9 Å². The topological polar surface area (TPSA) is 137 Å². The van der Waals surface area contributed by atoms with E-state index in [1.165, 1.54) is 0 Å². The van der Waals surface area contributed by atoms with Crippen LogP contribution in [0.15, 0.2) is 17.0 Å². The number of amides is 1. The van der Waals surface area contributed by atoms with E-state index in [-0.39, 0.29) is 30.2 Å². The van der Waals surface area contributed by atoms with E-state index in [1.807, 2.05) is 11.5 Å². The number of nitrogens with one attached hydrogen (secondary N) is 2. The highest BCUT2D eigenvalue weighted by molar-refractivity contribution is 6.05. The molecule has 1 saturated heterocycles. The van der Waals surface area contributed by atoms with E-state index >= 15 is 0 Å². The summed E-state index contributed by atoms with van der Waals surface area (Å²) in [6.07, 6.45) is 4.08. The monoisotopic (exact) mass is 378 g/mol. The Kier molecular flexibility index (Phi) is 5.05. The standard InChI is InChI=1S/C15H18N8O2.ClH/c1-2-23-12-9(15(24)19-8-3-4-17-5-8)6-18-7-10(12)20-14(23)11-13(16)22-25-21-11;/h6-8,17H,2-5H2,1H3,(H2,16,22)(H,19,24);1H/t8-;/m1./s1. The molecule has 1 fully saturated rings. The lowest BCUT2D eigenvalue weighted by molar-refractivity contribution is 0.0941. The Hall–Kier alpha value is -2.72. The Bertz CT molecular complexity index is 931. The number of aromatic nitrogens is 5. The molecule has 1 aliphatic heterocycles. The van der Waals surface area contributed by atoms with Crippen LogP contribution in [0.25, 0.3) is 22.6 Å². The number of carbonyl (C=O) groups excluding carboxylic acids is 1. The van der Waals surface area contributed by atoms with Crippen LogP contribution in [0.1, 0.15) is 23.7 Å². The Morgan fingerprint density at radius 1 is 1.46 bits per heavy atom. The molecule has 4 heterocycles. The average molecular weight is 379 g/mol. The first-order valence-corrected chi connectivity index (χ1v) is 8.13. The predicted octanol–water partition coefficient (Wildman–Crippen LogP) is 0.597. The summed E-state index contributed by atoms with van der Waals surface area (Å²) in [6.45, 7) is 4.21. The van der Waals surface area contributed by atoms with Crippen LogP contribution in [-0.2, 0) is 6.54 Å². The number of aryl methyl sites for hydroxylation is 1. The number of hydrogen-bond donors (Lipinski definition) is 3. The third-order valence-electron chi connectivity index (χ3n) is 4.33. The van der Waals surface area contributed by atoms with Crippen molar-refractivity contribution in [3.63, 3.8) is 0 Å². The number of nitrogens with two attached hydrogens (primary N) is 1. The molecule has 0 aliphatic carbocycles. The van der Waals surface area contributed by atoms with Gasteiger partial charge in [-0.15, -0.1) is 12.4 Å². The molecule has 0 unspecified atom stereocenters. The van der Waals surface area contributed by atoms with Crippen molar-refractivity contribution in [2.75, 3.05) is 18.8 Å². The molecular formula is C15H19ClN8O2. The predicted molar refractivity (Wildman–Crippen MR) is 96.9 cm³/mol. The van der Waals surface area contributed by atoms with Gasteiger partial charge in [-0.05, 0) is 30.2 Å². The molecule has 138 valence electrons. The zero-order chi connectivity index (χ0) is 17.4. The Morgan fingerprint density at radius 2 is 2.31 bits per heavy atom. The number of rotatable bonds is 4. The maximum atomic E-state index is 12.8. The zero-order valence-corrected chi connectivity index (χ0v) is 14.9. The first-order chi connectivity index (χ1) is 12.2. The second-order valence-electron chi connectivity index (χ2n) is 5.90. The van der Waals surface area contributed by atoms with Gasteiger partial charge in [0.25, 0.3) is 5.91 Å². The second kappa shape index (κ2) is 7.26. The fraction of sp³-hybridized carbons (Fsp3) is 0.400. The number of nitrogens with zero attached hydrogens (tertiary/aromatic N) is 5. The number of pyridine rings is 1. The number of nitrogen functional groups attached to an aromatic ring is 1. The van der Waals surface area contributed by atoms with Crippen LogP contribution in [-0.4, -0.2) is 49.9 Å². The summed E-state index contributed by atoms with van der Waals surface area (Å²) >= 11 is 0. The lowest BCUT2D eigenvalue weighted by Gasteiger charge is -2.13. The molecule has 0 bridgehead atoms. The number of imidazole rings is 1. The van der Waals surface area contributed by atoms with Crippen LogP contribution in [0, 0.1) is 0 Å². The van der Waals surface area contributed by atoms with Crippen LogP contribution in [0.5, 0.6) is 0 Å². The molecule has 1 aliphatic rings. The normalized spacial score (nSPS) is 16.6. The van der Waals surface area contributed by atoms with Gasteiger partial charge in [0.2, 0.25) is 0 Å². The smallest absolute Gasteiger partial charge is 0.255 e. The van der Waals surface area contributed by atoms with E-state index in [4.69, 9.17) is 5.73 Å². The van der Waals surface area contributed by atoms with Gasteiger partial charge in [-0.2, -0.15) is 0 Å². The molecule has 0 spiro atoms. The van der Waals surface area contributed by atoms with Crippen molar-refractivity contribution in [3.05, 3.63) is 18.0 Å². The van der Waals surface area contributed by atoms with Gasteiger partial charge in [0.15, 0.2) is 17.3 Å². The van der Waals surface area contributed by atoms with E-state index in [2.05, 4.69) is 35.5 Å². The van der Waals surface area contributed by atoms with Crippen LogP contribution >= 0.6 is 12.4 Å². The molecule has 4 rings (SSSR count). The Balaban J connectivity index is 0.00000196. The van der Waals surface area contributed by atoms with Crippen LogP contribution in [0.4, 0.5) is 5.82 Å². The van der Waals surface area contributed by atoms with Gasteiger partial charge in [0.05, 0.1) is 17.3 Å². The summed E-state index contributed by atoms with van der Waals surface area (Å²) in [7, 11) is 0. The highest BCUT2D eigenvalue weighted by Crippen LogP contribution is 2.28. The summed E-state index contributed by atoms with van der Waals surface area (Å²) in [5.74, 6) is 0.487. The Labute approximate surface area is 154 Å². The van der Waals surface area contributed by atoms with Crippen molar-refractivity contribution >= 4 is 35.2 Å². The minimum absolute atomic E-state index is 0. The number of hydrogen-bond acceptors (Lipinski definition) is 8. The van der Waals surface area contributed by atoms with Gasteiger partial charge >= 0.3 is 0 Å². The molecule has 1 amide bonds. The SMILES string of the molecule is CCn1c(-c2nonc2N)nc2cncc(C(=O)N[C@@H]3CCNC3)c21.Cl. The number of fused-ring (bicyclic) bond motifs is 1. The largest absolute Gasteiger partial charge is 0.379 e. The molecule has 26 heavy (non-hydrogen) atoms. The third kappa shape index (κ3) is 2.97. The molecule has 3 aromatic rings. The van der Waals surface area contributed by atoms with Gasteiger partial charge in [-0.25, -0.2) is 9.61 Å². The summed E-state index contributed by atoms with van der Waals surface area (Å²) in [5, 5.41) is 13.7. The van der Waals surface area contributed by atoms with Crippen molar-refractivity contribution in [1.29, 1.82) is 0 Å². The van der Waals surface area contributed by atoms with E-state index in [1.54, 1.807) is 12.4 Å². The van der Waals surface area contributed by atoms with Gasteiger partial charge in [0, 0.05) is 25.3 Å². The van der Waals surface area contributed by atoms with Gasteiger partial charge in [-0.3, -0.25) is 9.78 Å². The highest BCUT2D eigenvalue weighted by Gasteiger charge is 2.24. The van der Waals surface area contributed by atoms with Crippen molar-refractivity contribution in [2.24, 2.45) is 0 Å². The molecular weight excluding hydrogens is 360 g/mol. The summed E-state index contributed by atoms with van der Waals surface area (Å²) in [4.78, 5) is 21.4.